The van der Waals surface area contributed by atoms with Gasteiger partial charge >= 0.3 is 5.97 Å². The van der Waals surface area contributed by atoms with E-state index in [1.807, 2.05) is 0 Å². The monoisotopic (exact) mass is 270 g/mol. The number of carboxylic acid groups (broad SMARTS) is 1. The first-order chi connectivity index (χ1) is 8.59. The summed E-state index contributed by atoms with van der Waals surface area (Å²) in [6, 6.07) is 0. The second-order valence-electron chi connectivity index (χ2n) is 4.59. The van der Waals surface area contributed by atoms with E-state index >= 15 is 0 Å². The van der Waals surface area contributed by atoms with Crippen molar-refractivity contribution in [2.45, 2.75) is 36.1 Å². The fraction of sp³-hybridized carbons (Fsp3) is 0.636. The number of carbonyl (C=O) groups is 2. The lowest BCUT2D eigenvalue weighted by Crippen LogP contribution is -2.57. The highest BCUT2D eigenvalue weighted by molar-refractivity contribution is 8.00. The molecule has 0 aromatic carbocycles. The van der Waals surface area contributed by atoms with Crippen LogP contribution in [0.4, 0.5) is 0 Å². The lowest BCUT2D eigenvalue weighted by atomic mass is 10.0. The zero-order chi connectivity index (χ0) is 12.9. The number of nitrogens with zero attached hydrogens (tertiary/aromatic N) is 1. The van der Waals surface area contributed by atoms with Gasteiger partial charge in [-0.3, -0.25) is 9.69 Å². The number of fused-ring (bicyclic) bond motifs is 1. The number of rotatable bonds is 2. The van der Waals surface area contributed by atoms with E-state index in [1.54, 1.807) is 0 Å². The Balaban J connectivity index is 2.04. The Kier molecular flexibility index (Phi) is 2.84. The molecule has 0 bridgehead atoms. The summed E-state index contributed by atoms with van der Waals surface area (Å²) in [5, 5.41) is 8.84. The number of carboxylic acids is 1. The van der Waals surface area contributed by atoms with E-state index in [0.717, 1.165) is 12.8 Å². The zero-order valence-corrected chi connectivity index (χ0v) is 10.5. The third-order valence-corrected chi connectivity index (χ3v) is 4.75. The van der Waals surface area contributed by atoms with Crippen LogP contribution in [0.3, 0.4) is 0 Å². The van der Waals surface area contributed by atoms with Gasteiger partial charge in [0.1, 0.15) is 5.70 Å². The van der Waals surface area contributed by atoms with Crippen LogP contribution in [0.25, 0.3) is 0 Å². The van der Waals surface area contributed by atoms with Crippen LogP contribution in [0.15, 0.2) is 11.3 Å². The molecule has 1 amide bonds. The van der Waals surface area contributed by atoms with Crippen LogP contribution in [-0.2, 0) is 14.3 Å². The normalized spacial score (nSPS) is 35.5. The van der Waals surface area contributed by atoms with Gasteiger partial charge in [-0.2, -0.15) is 0 Å². The number of β-lactam (4-membered cyclic amide) rings is 1. The lowest BCUT2D eigenvalue weighted by molar-refractivity contribution is -0.146. The van der Waals surface area contributed by atoms with Gasteiger partial charge in [-0.15, -0.1) is 11.8 Å². The summed E-state index contributed by atoms with van der Waals surface area (Å²) < 4.78 is 5.53. The molecule has 3 aliphatic heterocycles. The average molecular weight is 270 g/mol. The van der Waals surface area contributed by atoms with Gasteiger partial charge in [-0.05, 0) is 12.8 Å². The summed E-state index contributed by atoms with van der Waals surface area (Å²) in [6.07, 6.45) is 1.78. The number of amides is 1. The van der Waals surface area contributed by atoms with E-state index in [2.05, 4.69) is 0 Å². The first-order valence-electron chi connectivity index (χ1n) is 5.91. The average Bonchev–Trinajstić information content (AvgIpc) is 2.80. The molecule has 98 valence electrons. The topological polar surface area (TPSA) is 92.9 Å². The molecule has 7 heteroatoms. The number of hydrogen-bond donors (Lipinski definition) is 2. The quantitative estimate of drug-likeness (QED) is 0.691. The molecule has 2 saturated heterocycles. The van der Waals surface area contributed by atoms with E-state index in [9.17, 15) is 14.7 Å². The second-order valence-corrected chi connectivity index (χ2v) is 5.91. The van der Waals surface area contributed by atoms with Gasteiger partial charge in [0.15, 0.2) is 0 Å². The van der Waals surface area contributed by atoms with Crippen molar-refractivity contribution in [1.82, 2.24) is 4.90 Å². The molecule has 0 aliphatic carbocycles. The number of ether oxygens (including phenoxy) is 1. The Labute approximate surface area is 108 Å². The predicted molar refractivity (Wildman–Crippen MR) is 64.5 cm³/mol. The molecular weight excluding hydrogens is 256 g/mol. The number of nitrogens with two attached hydrogens (primary N) is 1. The van der Waals surface area contributed by atoms with E-state index in [0.29, 0.717) is 18.6 Å². The number of carbonyl (C=O) groups excluding carboxylic acids is 1. The van der Waals surface area contributed by atoms with Crippen molar-refractivity contribution in [2.24, 2.45) is 5.73 Å². The van der Waals surface area contributed by atoms with Gasteiger partial charge in [0, 0.05) is 12.2 Å². The van der Waals surface area contributed by atoms with Crippen LogP contribution in [0.5, 0.6) is 0 Å². The molecule has 6 nitrogen and oxygen atoms in total. The Morgan fingerprint density at radius 2 is 2.33 bits per heavy atom. The summed E-state index contributed by atoms with van der Waals surface area (Å²) in [6.45, 7) is 0.621. The minimum Gasteiger partial charge on any atom is -0.477 e. The minimum absolute atomic E-state index is 0.0504. The minimum atomic E-state index is -1.09. The molecule has 0 radical (unpaired) electrons. The molecule has 3 N–H and O–H groups in total. The van der Waals surface area contributed by atoms with Crippen LogP contribution >= 0.6 is 11.8 Å². The molecule has 3 heterocycles. The molecule has 3 aliphatic rings. The molecule has 0 saturated carbocycles. The van der Waals surface area contributed by atoms with E-state index < -0.39 is 11.3 Å². The van der Waals surface area contributed by atoms with Crippen molar-refractivity contribution in [3.63, 3.8) is 0 Å². The standard InChI is InChI=1S/C11H14N2O4S/c12-10-8(5-2-1-3-17-5)9(11(15)16)13-6(14)4-7(13)18-10/h5,7,10H,1-4,12H2,(H,15,16)/t5-,7+,10?/m0/s1. The van der Waals surface area contributed by atoms with Crippen molar-refractivity contribution in [3.05, 3.63) is 11.3 Å². The molecule has 3 rings (SSSR count). The highest BCUT2D eigenvalue weighted by atomic mass is 32.2. The van der Waals surface area contributed by atoms with Gasteiger partial charge in [0.25, 0.3) is 0 Å². The molecule has 3 atom stereocenters. The van der Waals surface area contributed by atoms with Gasteiger partial charge in [-0.1, -0.05) is 0 Å². The third-order valence-electron chi connectivity index (χ3n) is 3.51. The molecular formula is C11H14N2O4S. The van der Waals surface area contributed by atoms with E-state index in [1.165, 1.54) is 16.7 Å². The maximum Gasteiger partial charge on any atom is 0.352 e. The van der Waals surface area contributed by atoms with Crippen molar-refractivity contribution in [1.29, 1.82) is 0 Å². The fourth-order valence-electron chi connectivity index (χ4n) is 2.67. The Bertz CT molecular complexity index is 444. The van der Waals surface area contributed by atoms with Crippen molar-refractivity contribution >= 4 is 23.6 Å². The van der Waals surface area contributed by atoms with Gasteiger partial charge in [-0.25, -0.2) is 4.79 Å². The van der Waals surface area contributed by atoms with Crippen molar-refractivity contribution in [2.75, 3.05) is 6.61 Å². The Morgan fingerprint density at radius 3 is 2.89 bits per heavy atom. The van der Waals surface area contributed by atoms with Crippen LogP contribution in [0.2, 0.25) is 0 Å². The molecule has 18 heavy (non-hydrogen) atoms. The van der Waals surface area contributed by atoms with Crippen LogP contribution in [-0.4, -0.2) is 45.3 Å². The molecule has 0 spiro atoms. The van der Waals surface area contributed by atoms with Crippen molar-refractivity contribution in [3.8, 4) is 0 Å². The largest absolute Gasteiger partial charge is 0.477 e. The van der Waals surface area contributed by atoms with Crippen LogP contribution in [0, 0.1) is 0 Å². The SMILES string of the molecule is NC1S[C@@H]2CC(=O)N2C(C(=O)O)=C1[C@@H]1CCCO1. The Hall–Kier alpha value is -1.05. The summed E-state index contributed by atoms with van der Waals surface area (Å²) in [7, 11) is 0. The molecule has 0 aromatic heterocycles. The summed E-state index contributed by atoms with van der Waals surface area (Å²) in [4.78, 5) is 24.4. The summed E-state index contributed by atoms with van der Waals surface area (Å²) >= 11 is 1.44. The lowest BCUT2D eigenvalue weighted by Gasteiger charge is -2.46. The van der Waals surface area contributed by atoms with Gasteiger partial charge in [0.2, 0.25) is 5.91 Å². The van der Waals surface area contributed by atoms with Crippen LogP contribution in [0.1, 0.15) is 19.3 Å². The number of hydrogen-bond acceptors (Lipinski definition) is 5. The van der Waals surface area contributed by atoms with E-state index in [4.69, 9.17) is 10.5 Å². The van der Waals surface area contributed by atoms with Crippen molar-refractivity contribution < 1.29 is 19.4 Å². The van der Waals surface area contributed by atoms with Gasteiger partial charge in [0.05, 0.1) is 23.3 Å². The second kappa shape index (κ2) is 4.25. The smallest absolute Gasteiger partial charge is 0.352 e. The predicted octanol–water partition coefficient (Wildman–Crippen LogP) is 0.0941. The highest BCUT2D eigenvalue weighted by Crippen LogP contribution is 2.44. The molecule has 2 fully saturated rings. The maximum absolute atomic E-state index is 11.6. The third kappa shape index (κ3) is 1.65. The van der Waals surface area contributed by atoms with Gasteiger partial charge < -0.3 is 15.6 Å². The van der Waals surface area contributed by atoms with E-state index in [-0.39, 0.29) is 23.1 Å². The summed E-state index contributed by atoms with van der Waals surface area (Å²) in [5.74, 6) is -1.23. The molecule has 0 aromatic rings. The highest BCUT2D eigenvalue weighted by Gasteiger charge is 2.49. The first-order valence-corrected chi connectivity index (χ1v) is 6.86. The number of thioether (sulfide) groups is 1. The zero-order valence-electron chi connectivity index (χ0n) is 9.67. The molecule has 1 unspecified atom stereocenters. The Morgan fingerprint density at radius 1 is 1.56 bits per heavy atom. The number of aliphatic carboxylic acids is 1. The first kappa shape index (κ1) is 12.0. The fourth-order valence-corrected chi connectivity index (χ4v) is 4.00. The summed E-state index contributed by atoms with van der Waals surface area (Å²) in [5.41, 5.74) is 6.66. The maximum atomic E-state index is 11.6. The van der Waals surface area contributed by atoms with Crippen LogP contribution < -0.4 is 5.73 Å².